The topological polar surface area (TPSA) is 138 Å². The quantitative estimate of drug-likeness (QED) is 0.328. The number of phenolic OH excluding ortho intramolecular Hbond substituents is 2. The molecule has 2 aliphatic heterocycles. The summed E-state index contributed by atoms with van der Waals surface area (Å²) in [5.74, 6) is 1.27. The molecular weight excluding hydrogens is 468 g/mol. The summed E-state index contributed by atoms with van der Waals surface area (Å²) in [4.78, 5) is 0. The normalized spacial score (nSPS) is 22.5. The number of phenols is 2. The van der Waals surface area contributed by atoms with Crippen molar-refractivity contribution in [2.24, 2.45) is 0 Å². The van der Waals surface area contributed by atoms with Crippen molar-refractivity contribution < 1.29 is 44.5 Å². The minimum Gasteiger partial charge on any atom is -0.504 e. The number of benzene rings is 3. The molecule has 0 saturated heterocycles. The molecule has 0 amide bonds. The first-order chi connectivity index (χ1) is 17.5. The average molecular weight is 494 g/mol. The van der Waals surface area contributed by atoms with Crippen LogP contribution in [0.3, 0.4) is 0 Å². The maximum absolute atomic E-state index is 10.0. The molecule has 0 spiro atoms. The van der Waals surface area contributed by atoms with E-state index in [-0.39, 0.29) is 31.3 Å². The van der Waals surface area contributed by atoms with Gasteiger partial charge in [0.15, 0.2) is 58.9 Å². The van der Waals surface area contributed by atoms with E-state index >= 15 is 0 Å². The first-order valence-electron chi connectivity index (χ1n) is 11.5. The average Bonchev–Trinajstić information content (AvgIpc) is 2.91. The Balaban J connectivity index is 1.41. The fraction of sp³-hybridized carbons (Fsp3) is 0.259. The van der Waals surface area contributed by atoms with Crippen LogP contribution >= 0.6 is 0 Å². The fourth-order valence-electron chi connectivity index (χ4n) is 4.32. The summed E-state index contributed by atoms with van der Waals surface area (Å²) in [6, 6.07) is 14.9. The van der Waals surface area contributed by atoms with E-state index in [1.54, 1.807) is 48.6 Å². The highest BCUT2D eigenvalue weighted by Crippen LogP contribution is 2.45. The number of rotatable bonds is 6. The molecule has 3 aromatic rings. The minimum absolute atomic E-state index is 0.0742. The third-order valence-corrected chi connectivity index (χ3v) is 6.11. The van der Waals surface area contributed by atoms with Crippen molar-refractivity contribution in [2.45, 2.75) is 24.4 Å². The number of aromatic hydroxyl groups is 2. The second kappa shape index (κ2) is 9.98. The van der Waals surface area contributed by atoms with Crippen molar-refractivity contribution >= 4 is 6.08 Å². The standard InChI is InChI=1S/C27H26O9/c28-9-1-2-15-3-7-20-22(10-15)33-25(14-30)27(35-20)17-5-8-21-23(12-17)34-24(13-29)26(36-21)16-4-6-18(31)19(32)11-16/h1-8,10-12,24-32H,9,13-14H2/b2-1+/t24?,25-,26?,27-/m0/s1. The SMILES string of the molecule is OC/C=C/c1ccc2c(c1)O[C@@H](CO)[C@H](c1ccc3c(c1)OC(CO)C(c1ccc(O)c(O)c1)O3)O2. The van der Waals surface area contributed by atoms with E-state index in [1.807, 2.05) is 6.07 Å². The number of aliphatic hydroxyl groups is 3. The van der Waals surface area contributed by atoms with Crippen molar-refractivity contribution in [1.82, 2.24) is 0 Å². The number of fused-ring (bicyclic) bond motifs is 2. The van der Waals surface area contributed by atoms with Crippen LogP contribution in [0.25, 0.3) is 6.08 Å². The zero-order valence-electron chi connectivity index (χ0n) is 19.2. The number of ether oxygens (including phenoxy) is 4. The molecule has 2 unspecified atom stereocenters. The van der Waals surface area contributed by atoms with Gasteiger partial charge in [0.05, 0.1) is 19.8 Å². The highest BCUT2D eigenvalue weighted by atomic mass is 16.6. The Labute approximate surface area is 207 Å². The Kier molecular flexibility index (Phi) is 6.60. The number of aliphatic hydroxyl groups excluding tert-OH is 3. The Bertz CT molecular complexity index is 1270. The van der Waals surface area contributed by atoms with Crippen LogP contribution in [0.15, 0.2) is 60.7 Å². The van der Waals surface area contributed by atoms with E-state index in [0.717, 1.165) is 5.56 Å². The summed E-state index contributed by atoms with van der Waals surface area (Å²) >= 11 is 0. The highest BCUT2D eigenvalue weighted by molar-refractivity contribution is 5.57. The molecule has 9 heteroatoms. The van der Waals surface area contributed by atoms with Crippen LogP contribution in [-0.4, -0.2) is 57.6 Å². The predicted molar refractivity (Wildman–Crippen MR) is 129 cm³/mol. The number of hydrogen-bond donors (Lipinski definition) is 5. The van der Waals surface area contributed by atoms with Gasteiger partial charge in [-0.3, -0.25) is 0 Å². The molecule has 2 heterocycles. The molecule has 2 aliphatic rings. The maximum atomic E-state index is 10.0. The van der Waals surface area contributed by atoms with Gasteiger partial charge in [0.25, 0.3) is 0 Å². The van der Waals surface area contributed by atoms with Gasteiger partial charge in [-0.2, -0.15) is 0 Å². The van der Waals surface area contributed by atoms with Gasteiger partial charge in [-0.1, -0.05) is 30.4 Å². The summed E-state index contributed by atoms with van der Waals surface area (Å²) in [6.07, 6.45) is 0.587. The molecule has 4 atom stereocenters. The van der Waals surface area contributed by atoms with Gasteiger partial charge in [0.1, 0.15) is 0 Å². The molecule has 188 valence electrons. The molecule has 36 heavy (non-hydrogen) atoms. The number of hydrogen-bond acceptors (Lipinski definition) is 9. The monoisotopic (exact) mass is 494 g/mol. The Hall–Kier alpha value is -3.92. The van der Waals surface area contributed by atoms with Gasteiger partial charge in [0.2, 0.25) is 0 Å². The van der Waals surface area contributed by atoms with Crippen molar-refractivity contribution in [3.8, 4) is 34.5 Å². The molecule has 9 nitrogen and oxygen atoms in total. The Morgan fingerprint density at radius 2 is 1.19 bits per heavy atom. The van der Waals surface area contributed by atoms with Crippen LogP contribution in [0.4, 0.5) is 0 Å². The summed E-state index contributed by atoms with van der Waals surface area (Å²) < 4.78 is 24.3. The van der Waals surface area contributed by atoms with Gasteiger partial charge in [0, 0.05) is 11.1 Å². The lowest BCUT2D eigenvalue weighted by Crippen LogP contribution is -2.37. The second-order valence-corrected chi connectivity index (χ2v) is 8.50. The molecule has 5 N–H and O–H groups in total. The Morgan fingerprint density at radius 3 is 1.81 bits per heavy atom. The van der Waals surface area contributed by atoms with E-state index in [4.69, 9.17) is 24.1 Å². The second-order valence-electron chi connectivity index (χ2n) is 8.50. The van der Waals surface area contributed by atoms with Gasteiger partial charge in [-0.15, -0.1) is 0 Å². The van der Waals surface area contributed by atoms with E-state index in [9.17, 15) is 20.4 Å². The predicted octanol–water partition coefficient (Wildman–Crippen LogP) is 2.85. The fourth-order valence-corrected chi connectivity index (χ4v) is 4.32. The summed E-state index contributed by atoms with van der Waals surface area (Å²) in [7, 11) is 0. The van der Waals surface area contributed by atoms with Crippen molar-refractivity contribution in [3.63, 3.8) is 0 Å². The van der Waals surface area contributed by atoms with E-state index < -0.39 is 24.4 Å². The zero-order valence-corrected chi connectivity index (χ0v) is 19.2. The van der Waals surface area contributed by atoms with Crippen LogP contribution in [-0.2, 0) is 0 Å². The molecule has 3 aromatic carbocycles. The third-order valence-electron chi connectivity index (χ3n) is 6.11. The van der Waals surface area contributed by atoms with E-state index in [1.165, 1.54) is 12.1 Å². The maximum Gasteiger partial charge on any atom is 0.163 e. The Morgan fingerprint density at radius 1 is 0.611 bits per heavy atom. The van der Waals surface area contributed by atoms with E-state index in [2.05, 4.69) is 0 Å². The molecule has 0 aromatic heterocycles. The molecule has 0 bridgehead atoms. The highest BCUT2D eigenvalue weighted by Gasteiger charge is 2.36. The van der Waals surface area contributed by atoms with Crippen LogP contribution in [0.5, 0.6) is 34.5 Å². The molecule has 0 saturated carbocycles. The van der Waals surface area contributed by atoms with Gasteiger partial charge < -0.3 is 44.5 Å². The molecule has 0 radical (unpaired) electrons. The summed E-state index contributed by atoms with van der Waals surface area (Å²) in [6.45, 7) is -0.713. The van der Waals surface area contributed by atoms with Crippen LogP contribution < -0.4 is 18.9 Å². The van der Waals surface area contributed by atoms with Crippen molar-refractivity contribution in [3.05, 3.63) is 77.4 Å². The van der Waals surface area contributed by atoms with Gasteiger partial charge in [-0.25, -0.2) is 0 Å². The van der Waals surface area contributed by atoms with Gasteiger partial charge in [-0.05, 0) is 42.0 Å². The minimum atomic E-state index is -0.764. The molecule has 5 rings (SSSR count). The summed E-state index contributed by atoms with van der Waals surface area (Å²) in [5.41, 5.74) is 2.05. The lowest BCUT2D eigenvalue weighted by atomic mass is 10.00. The van der Waals surface area contributed by atoms with Crippen LogP contribution in [0.1, 0.15) is 28.9 Å². The summed E-state index contributed by atoms with van der Waals surface area (Å²) in [5, 5.41) is 48.4. The molecule has 0 aliphatic carbocycles. The lowest BCUT2D eigenvalue weighted by Gasteiger charge is -2.36. The van der Waals surface area contributed by atoms with Gasteiger partial charge >= 0.3 is 0 Å². The van der Waals surface area contributed by atoms with Crippen LogP contribution in [0.2, 0.25) is 0 Å². The van der Waals surface area contributed by atoms with E-state index in [0.29, 0.717) is 34.1 Å². The first-order valence-corrected chi connectivity index (χ1v) is 11.5. The van der Waals surface area contributed by atoms with Crippen molar-refractivity contribution in [2.75, 3.05) is 19.8 Å². The molecular formula is C27H26O9. The van der Waals surface area contributed by atoms with Crippen molar-refractivity contribution in [1.29, 1.82) is 0 Å². The molecule has 0 fully saturated rings. The first kappa shape index (κ1) is 23.8. The lowest BCUT2D eigenvalue weighted by molar-refractivity contribution is -0.0174. The van der Waals surface area contributed by atoms with Crippen LogP contribution in [0, 0.1) is 0 Å². The smallest absolute Gasteiger partial charge is 0.163 e. The largest absolute Gasteiger partial charge is 0.504 e. The third kappa shape index (κ3) is 4.51. The zero-order chi connectivity index (χ0) is 25.2.